The average Bonchev–Trinajstić information content (AvgIpc) is 3.03. The van der Waals surface area contributed by atoms with Gasteiger partial charge in [-0.3, -0.25) is 4.79 Å². The molecule has 2 aromatic carbocycles. The quantitative estimate of drug-likeness (QED) is 0.429. The Kier molecular flexibility index (Phi) is 4.96. The van der Waals surface area contributed by atoms with Crippen molar-refractivity contribution in [3.05, 3.63) is 66.2 Å². The van der Waals surface area contributed by atoms with Gasteiger partial charge in [0.15, 0.2) is 5.76 Å². The SMILES string of the molecule is C/C(=N/NC(=O)CSc1ccccc1F)c1cc2ccccc2o1. The van der Waals surface area contributed by atoms with Crippen LogP contribution < -0.4 is 5.43 Å². The Morgan fingerprint density at radius 3 is 2.75 bits per heavy atom. The topological polar surface area (TPSA) is 54.6 Å². The predicted molar refractivity (Wildman–Crippen MR) is 93.7 cm³/mol. The zero-order chi connectivity index (χ0) is 16.9. The molecule has 0 bridgehead atoms. The molecule has 0 aliphatic rings. The highest BCUT2D eigenvalue weighted by molar-refractivity contribution is 8.00. The summed E-state index contributed by atoms with van der Waals surface area (Å²) < 4.78 is 19.2. The number of rotatable bonds is 5. The van der Waals surface area contributed by atoms with Crippen molar-refractivity contribution in [3.63, 3.8) is 0 Å². The first-order valence-corrected chi connectivity index (χ1v) is 8.31. The lowest BCUT2D eigenvalue weighted by atomic mass is 10.2. The zero-order valence-electron chi connectivity index (χ0n) is 13.0. The molecular formula is C18H15FN2O2S. The number of hydrazone groups is 1. The van der Waals surface area contributed by atoms with Crippen molar-refractivity contribution in [1.29, 1.82) is 0 Å². The molecule has 0 unspecified atom stereocenters. The van der Waals surface area contributed by atoms with Crippen molar-refractivity contribution >= 4 is 34.3 Å². The molecule has 0 saturated heterocycles. The van der Waals surface area contributed by atoms with Crippen LogP contribution in [0.25, 0.3) is 11.0 Å². The van der Waals surface area contributed by atoms with Gasteiger partial charge in [0.05, 0.1) is 5.75 Å². The number of thioether (sulfide) groups is 1. The highest BCUT2D eigenvalue weighted by Crippen LogP contribution is 2.21. The fourth-order valence-electron chi connectivity index (χ4n) is 2.10. The minimum Gasteiger partial charge on any atom is -0.455 e. The van der Waals surface area contributed by atoms with Crippen molar-refractivity contribution in [2.45, 2.75) is 11.8 Å². The number of hydrogen-bond donors (Lipinski definition) is 1. The molecule has 1 N–H and O–H groups in total. The van der Waals surface area contributed by atoms with Crippen molar-refractivity contribution in [2.75, 3.05) is 5.75 Å². The number of furan rings is 1. The van der Waals surface area contributed by atoms with Crippen LogP contribution in [0.2, 0.25) is 0 Å². The second-order valence-electron chi connectivity index (χ2n) is 5.10. The van der Waals surface area contributed by atoms with E-state index in [1.165, 1.54) is 6.07 Å². The summed E-state index contributed by atoms with van der Waals surface area (Å²) in [5.74, 6) is 0.0342. The molecule has 0 aliphatic carbocycles. The van der Waals surface area contributed by atoms with E-state index in [4.69, 9.17) is 4.42 Å². The number of halogens is 1. The Morgan fingerprint density at radius 2 is 1.96 bits per heavy atom. The summed E-state index contributed by atoms with van der Waals surface area (Å²) in [6, 6.07) is 15.8. The van der Waals surface area contributed by atoms with E-state index >= 15 is 0 Å². The van der Waals surface area contributed by atoms with Crippen LogP contribution in [0.4, 0.5) is 4.39 Å². The number of fused-ring (bicyclic) bond motifs is 1. The second-order valence-corrected chi connectivity index (χ2v) is 6.12. The molecule has 0 spiro atoms. The molecule has 1 aromatic heterocycles. The molecule has 0 fully saturated rings. The monoisotopic (exact) mass is 342 g/mol. The summed E-state index contributed by atoms with van der Waals surface area (Å²) in [6.07, 6.45) is 0. The van der Waals surface area contributed by atoms with E-state index in [0.717, 1.165) is 22.7 Å². The van der Waals surface area contributed by atoms with Gasteiger partial charge < -0.3 is 4.42 Å². The van der Waals surface area contributed by atoms with E-state index in [9.17, 15) is 9.18 Å². The maximum Gasteiger partial charge on any atom is 0.250 e. The number of benzene rings is 2. The molecule has 122 valence electrons. The van der Waals surface area contributed by atoms with E-state index in [1.54, 1.807) is 25.1 Å². The summed E-state index contributed by atoms with van der Waals surface area (Å²) in [5, 5.41) is 5.02. The van der Waals surface area contributed by atoms with Crippen LogP contribution in [-0.4, -0.2) is 17.4 Å². The van der Waals surface area contributed by atoms with Crippen LogP contribution in [0.15, 0.2) is 69.0 Å². The van der Waals surface area contributed by atoms with Crippen LogP contribution >= 0.6 is 11.8 Å². The highest BCUT2D eigenvalue weighted by atomic mass is 32.2. The van der Waals surface area contributed by atoms with Gasteiger partial charge in [-0.1, -0.05) is 30.3 Å². The molecule has 1 heterocycles. The van der Waals surface area contributed by atoms with Gasteiger partial charge in [-0.15, -0.1) is 11.8 Å². The van der Waals surface area contributed by atoms with Crippen molar-refractivity contribution in [3.8, 4) is 0 Å². The molecule has 3 aromatic rings. The Hall–Kier alpha value is -2.60. The minimum atomic E-state index is -0.336. The van der Waals surface area contributed by atoms with Gasteiger partial charge in [0.2, 0.25) is 5.91 Å². The molecule has 4 nitrogen and oxygen atoms in total. The first kappa shape index (κ1) is 16.3. The Morgan fingerprint density at radius 1 is 1.21 bits per heavy atom. The summed E-state index contributed by atoms with van der Waals surface area (Å²) in [4.78, 5) is 12.3. The summed E-state index contributed by atoms with van der Waals surface area (Å²) in [7, 11) is 0. The molecule has 0 atom stereocenters. The highest BCUT2D eigenvalue weighted by Gasteiger charge is 2.08. The largest absolute Gasteiger partial charge is 0.455 e. The first-order chi connectivity index (χ1) is 11.6. The molecule has 0 radical (unpaired) electrons. The third kappa shape index (κ3) is 3.83. The van der Waals surface area contributed by atoms with Gasteiger partial charge in [0.1, 0.15) is 17.1 Å². The lowest BCUT2D eigenvalue weighted by Crippen LogP contribution is -2.21. The molecule has 24 heavy (non-hydrogen) atoms. The fourth-order valence-corrected chi connectivity index (χ4v) is 2.83. The maximum atomic E-state index is 13.5. The summed E-state index contributed by atoms with van der Waals surface area (Å²) >= 11 is 1.13. The second kappa shape index (κ2) is 7.31. The lowest BCUT2D eigenvalue weighted by Gasteiger charge is -2.02. The van der Waals surface area contributed by atoms with Gasteiger partial charge >= 0.3 is 0 Å². The van der Waals surface area contributed by atoms with Crippen molar-refractivity contribution < 1.29 is 13.6 Å². The van der Waals surface area contributed by atoms with Gasteiger partial charge in [-0.05, 0) is 31.2 Å². The molecule has 3 rings (SSSR count). The standard InChI is InChI=1S/C18H15FN2O2S/c1-12(16-10-13-6-2-4-8-15(13)23-16)20-21-18(22)11-24-17-9-5-3-7-14(17)19/h2-10H,11H2,1H3,(H,21,22)/b20-12-. The Labute approximate surface area is 142 Å². The van der Waals surface area contributed by atoms with Crippen molar-refractivity contribution in [2.24, 2.45) is 5.10 Å². The fraction of sp³-hybridized carbons (Fsp3) is 0.111. The third-order valence-corrected chi connectivity index (χ3v) is 4.37. The molecule has 0 aliphatic heterocycles. The van der Waals surface area contributed by atoms with Crippen LogP contribution in [0, 0.1) is 5.82 Å². The molecular weight excluding hydrogens is 327 g/mol. The number of nitrogens with zero attached hydrogens (tertiary/aromatic N) is 1. The third-order valence-electron chi connectivity index (χ3n) is 3.33. The average molecular weight is 342 g/mol. The summed E-state index contributed by atoms with van der Waals surface area (Å²) in [5.41, 5.74) is 3.79. The van der Waals surface area contributed by atoms with Gasteiger partial charge in [-0.25, -0.2) is 9.82 Å². The van der Waals surface area contributed by atoms with Crippen LogP contribution in [-0.2, 0) is 4.79 Å². The number of amides is 1. The number of carbonyl (C=O) groups excluding carboxylic acids is 1. The Balaban J connectivity index is 1.60. The lowest BCUT2D eigenvalue weighted by molar-refractivity contribution is -0.118. The van der Waals surface area contributed by atoms with Crippen LogP contribution in [0.3, 0.4) is 0 Å². The molecule has 0 saturated carbocycles. The molecule has 6 heteroatoms. The number of nitrogens with one attached hydrogen (secondary N) is 1. The predicted octanol–water partition coefficient (Wildman–Crippen LogP) is 4.20. The van der Waals surface area contributed by atoms with E-state index in [-0.39, 0.29) is 17.5 Å². The van der Waals surface area contributed by atoms with E-state index in [0.29, 0.717) is 16.4 Å². The van der Waals surface area contributed by atoms with Gasteiger partial charge in [-0.2, -0.15) is 5.10 Å². The van der Waals surface area contributed by atoms with E-state index in [1.807, 2.05) is 30.3 Å². The maximum absolute atomic E-state index is 13.5. The smallest absolute Gasteiger partial charge is 0.250 e. The van der Waals surface area contributed by atoms with E-state index in [2.05, 4.69) is 10.5 Å². The minimum absolute atomic E-state index is 0.0812. The normalized spacial score (nSPS) is 11.7. The van der Waals surface area contributed by atoms with Gasteiger partial charge in [0.25, 0.3) is 0 Å². The van der Waals surface area contributed by atoms with Crippen LogP contribution in [0.1, 0.15) is 12.7 Å². The van der Waals surface area contributed by atoms with Crippen LogP contribution in [0.5, 0.6) is 0 Å². The molecule has 1 amide bonds. The summed E-state index contributed by atoms with van der Waals surface area (Å²) in [6.45, 7) is 1.75. The van der Waals surface area contributed by atoms with Gasteiger partial charge in [0, 0.05) is 10.3 Å². The van der Waals surface area contributed by atoms with Crippen molar-refractivity contribution in [1.82, 2.24) is 5.43 Å². The number of carbonyl (C=O) groups is 1. The number of hydrogen-bond acceptors (Lipinski definition) is 4. The first-order valence-electron chi connectivity index (χ1n) is 7.33. The Bertz CT molecular complexity index is 872. The number of para-hydroxylation sites is 1. The zero-order valence-corrected chi connectivity index (χ0v) is 13.8. The van der Waals surface area contributed by atoms with E-state index < -0.39 is 0 Å².